The molecule has 2 rings (SSSR count). The van der Waals surface area contributed by atoms with Crippen molar-refractivity contribution in [3.8, 4) is 0 Å². The second kappa shape index (κ2) is 6.27. The van der Waals surface area contributed by atoms with E-state index in [4.69, 9.17) is 0 Å². The summed E-state index contributed by atoms with van der Waals surface area (Å²) in [6.07, 6.45) is 2.05. The normalized spacial score (nSPS) is 10.4. The summed E-state index contributed by atoms with van der Waals surface area (Å²) in [5, 5.41) is 5.95. The SMILES string of the molecule is CCNc1ncnc(Nc2cccc(F)c2F)c1CC. The Balaban J connectivity index is 2.38. The molecule has 0 unspecified atom stereocenters. The summed E-state index contributed by atoms with van der Waals surface area (Å²) < 4.78 is 26.9. The monoisotopic (exact) mass is 278 g/mol. The fraction of sp³-hybridized carbons (Fsp3) is 0.286. The smallest absolute Gasteiger partial charge is 0.182 e. The van der Waals surface area contributed by atoms with Crippen LogP contribution in [0.15, 0.2) is 24.5 Å². The van der Waals surface area contributed by atoms with Crippen LogP contribution >= 0.6 is 0 Å². The molecule has 0 fully saturated rings. The predicted octanol–water partition coefficient (Wildman–Crippen LogP) is 3.49. The van der Waals surface area contributed by atoms with E-state index in [1.165, 1.54) is 18.5 Å². The van der Waals surface area contributed by atoms with Crippen molar-refractivity contribution in [2.75, 3.05) is 17.2 Å². The average Bonchev–Trinajstić information content (AvgIpc) is 2.44. The minimum atomic E-state index is -0.918. The van der Waals surface area contributed by atoms with Gasteiger partial charge >= 0.3 is 0 Å². The minimum absolute atomic E-state index is 0.0563. The van der Waals surface area contributed by atoms with E-state index in [-0.39, 0.29) is 5.69 Å². The first-order chi connectivity index (χ1) is 9.67. The molecule has 1 heterocycles. The molecule has 0 bridgehead atoms. The Hall–Kier alpha value is -2.24. The first kappa shape index (κ1) is 14.2. The summed E-state index contributed by atoms with van der Waals surface area (Å²) >= 11 is 0. The molecule has 20 heavy (non-hydrogen) atoms. The standard InChI is InChI=1S/C14H16F2N4/c1-3-9-13(17-4-2)18-8-19-14(9)20-11-7-5-6-10(15)12(11)16/h5-8H,3-4H2,1-2H3,(H2,17,18,19,20). The summed E-state index contributed by atoms with van der Waals surface area (Å²) in [7, 11) is 0. The maximum atomic E-state index is 13.7. The third-order valence-corrected chi connectivity index (χ3v) is 2.85. The molecule has 0 aliphatic heterocycles. The van der Waals surface area contributed by atoms with Gasteiger partial charge in [0.1, 0.15) is 18.0 Å². The van der Waals surface area contributed by atoms with Crippen molar-refractivity contribution in [1.82, 2.24) is 9.97 Å². The number of hydrogen-bond donors (Lipinski definition) is 2. The van der Waals surface area contributed by atoms with E-state index in [0.717, 1.165) is 18.2 Å². The van der Waals surface area contributed by atoms with Crippen LogP contribution in [0.25, 0.3) is 0 Å². The van der Waals surface area contributed by atoms with Crippen LogP contribution in [-0.4, -0.2) is 16.5 Å². The molecule has 1 aromatic carbocycles. The summed E-state index contributed by atoms with van der Waals surface area (Å²) in [6, 6.07) is 3.98. The van der Waals surface area contributed by atoms with Crippen molar-refractivity contribution >= 4 is 17.3 Å². The highest BCUT2D eigenvalue weighted by atomic mass is 19.2. The summed E-state index contributed by atoms with van der Waals surface area (Å²) in [4.78, 5) is 8.26. The molecule has 0 spiro atoms. The van der Waals surface area contributed by atoms with E-state index in [1.54, 1.807) is 0 Å². The van der Waals surface area contributed by atoms with Gasteiger partial charge < -0.3 is 10.6 Å². The summed E-state index contributed by atoms with van der Waals surface area (Å²) in [5.41, 5.74) is 0.888. The van der Waals surface area contributed by atoms with Crippen LogP contribution in [0.4, 0.5) is 26.1 Å². The number of aromatic nitrogens is 2. The maximum Gasteiger partial charge on any atom is 0.182 e. The molecule has 0 aliphatic carbocycles. The minimum Gasteiger partial charge on any atom is -0.370 e. The van der Waals surface area contributed by atoms with E-state index in [1.807, 2.05) is 13.8 Å². The van der Waals surface area contributed by atoms with Crippen molar-refractivity contribution in [3.05, 3.63) is 41.7 Å². The van der Waals surface area contributed by atoms with Crippen LogP contribution in [0.3, 0.4) is 0 Å². The Morgan fingerprint density at radius 2 is 1.85 bits per heavy atom. The molecule has 4 nitrogen and oxygen atoms in total. The van der Waals surface area contributed by atoms with Gasteiger partial charge in [0.25, 0.3) is 0 Å². The van der Waals surface area contributed by atoms with Crippen molar-refractivity contribution in [3.63, 3.8) is 0 Å². The van der Waals surface area contributed by atoms with Crippen LogP contribution in [0.5, 0.6) is 0 Å². The maximum absolute atomic E-state index is 13.7. The highest BCUT2D eigenvalue weighted by Gasteiger charge is 2.13. The second-order valence-electron chi connectivity index (χ2n) is 4.16. The van der Waals surface area contributed by atoms with Crippen molar-refractivity contribution in [1.29, 1.82) is 0 Å². The van der Waals surface area contributed by atoms with Gasteiger partial charge in [-0.25, -0.2) is 18.7 Å². The van der Waals surface area contributed by atoms with Crippen molar-refractivity contribution in [2.45, 2.75) is 20.3 Å². The molecule has 106 valence electrons. The van der Waals surface area contributed by atoms with Crippen LogP contribution < -0.4 is 10.6 Å². The molecular formula is C14H16F2N4. The highest BCUT2D eigenvalue weighted by Crippen LogP contribution is 2.26. The number of benzene rings is 1. The van der Waals surface area contributed by atoms with Gasteiger partial charge in [0, 0.05) is 12.1 Å². The van der Waals surface area contributed by atoms with Gasteiger partial charge in [-0.2, -0.15) is 0 Å². The number of anilines is 3. The molecule has 1 aromatic heterocycles. The molecular weight excluding hydrogens is 262 g/mol. The lowest BCUT2D eigenvalue weighted by atomic mass is 10.2. The molecule has 0 saturated carbocycles. The van der Waals surface area contributed by atoms with Gasteiger partial charge in [0.05, 0.1) is 5.69 Å². The highest BCUT2D eigenvalue weighted by molar-refractivity contribution is 5.65. The lowest BCUT2D eigenvalue weighted by Crippen LogP contribution is -2.08. The molecule has 2 aromatic rings. The molecule has 0 atom stereocenters. The van der Waals surface area contributed by atoms with Gasteiger partial charge in [-0.15, -0.1) is 0 Å². The molecule has 0 aliphatic rings. The van der Waals surface area contributed by atoms with Crippen molar-refractivity contribution < 1.29 is 8.78 Å². The van der Waals surface area contributed by atoms with Gasteiger partial charge in [-0.1, -0.05) is 13.0 Å². The van der Waals surface area contributed by atoms with Crippen LogP contribution in [0.1, 0.15) is 19.4 Å². The third-order valence-electron chi connectivity index (χ3n) is 2.85. The Kier molecular flexibility index (Phi) is 4.45. The van der Waals surface area contributed by atoms with E-state index in [9.17, 15) is 8.78 Å². The number of nitrogens with one attached hydrogen (secondary N) is 2. The Labute approximate surface area is 116 Å². The van der Waals surface area contributed by atoms with E-state index in [0.29, 0.717) is 18.1 Å². The zero-order valence-electron chi connectivity index (χ0n) is 11.4. The van der Waals surface area contributed by atoms with Crippen molar-refractivity contribution in [2.24, 2.45) is 0 Å². The van der Waals surface area contributed by atoms with Gasteiger partial charge in [0.15, 0.2) is 11.6 Å². The Morgan fingerprint density at radius 3 is 2.55 bits per heavy atom. The average molecular weight is 278 g/mol. The molecule has 0 radical (unpaired) electrons. The molecule has 0 saturated heterocycles. The van der Waals surface area contributed by atoms with Gasteiger partial charge in [-0.05, 0) is 25.5 Å². The van der Waals surface area contributed by atoms with E-state index < -0.39 is 11.6 Å². The lowest BCUT2D eigenvalue weighted by Gasteiger charge is -2.14. The number of rotatable bonds is 5. The quantitative estimate of drug-likeness (QED) is 0.879. The number of halogens is 2. The second-order valence-corrected chi connectivity index (χ2v) is 4.16. The first-order valence-corrected chi connectivity index (χ1v) is 6.46. The van der Waals surface area contributed by atoms with Gasteiger partial charge in [0.2, 0.25) is 0 Å². The Morgan fingerprint density at radius 1 is 1.10 bits per heavy atom. The topological polar surface area (TPSA) is 49.8 Å². The fourth-order valence-electron chi connectivity index (χ4n) is 1.90. The lowest BCUT2D eigenvalue weighted by molar-refractivity contribution is 0.511. The third kappa shape index (κ3) is 2.84. The zero-order chi connectivity index (χ0) is 14.5. The zero-order valence-corrected chi connectivity index (χ0v) is 11.4. The number of nitrogens with zero attached hydrogens (tertiary/aromatic N) is 2. The van der Waals surface area contributed by atoms with Crippen LogP contribution in [-0.2, 0) is 6.42 Å². The predicted molar refractivity (Wildman–Crippen MR) is 75.2 cm³/mol. The van der Waals surface area contributed by atoms with E-state index in [2.05, 4.69) is 20.6 Å². The fourth-order valence-corrected chi connectivity index (χ4v) is 1.90. The largest absolute Gasteiger partial charge is 0.370 e. The van der Waals surface area contributed by atoms with Crippen LogP contribution in [0, 0.1) is 11.6 Å². The summed E-state index contributed by atoms with van der Waals surface area (Å²) in [5.74, 6) is -0.639. The van der Waals surface area contributed by atoms with E-state index >= 15 is 0 Å². The molecule has 6 heteroatoms. The molecule has 0 amide bonds. The molecule has 2 N–H and O–H groups in total. The van der Waals surface area contributed by atoms with Gasteiger partial charge in [-0.3, -0.25) is 0 Å². The van der Waals surface area contributed by atoms with Crippen LogP contribution in [0.2, 0.25) is 0 Å². The Bertz CT molecular complexity index is 602. The first-order valence-electron chi connectivity index (χ1n) is 6.46. The number of hydrogen-bond acceptors (Lipinski definition) is 4. The summed E-state index contributed by atoms with van der Waals surface area (Å²) in [6.45, 7) is 4.63.